The van der Waals surface area contributed by atoms with Crippen molar-refractivity contribution in [3.8, 4) is 0 Å². The predicted molar refractivity (Wildman–Crippen MR) is 53.6 cm³/mol. The third-order valence-electron chi connectivity index (χ3n) is 1.84. The zero-order chi connectivity index (χ0) is 10.4. The van der Waals surface area contributed by atoms with Gasteiger partial charge in [0.2, 0.25) is 5.91 Å². The summed E-state index contributed by atoms with van der Waals surface area (Å²) in [5.41, 5.74) is 0.735. The molecule has 0 aliphatic carbocycles. The lowest BCUT2D eigenvalue weighted by atomic mass is 10.4. The summed E-state index contributed by atoms with van der Waals surface area (Å²) < 4.78 is 1.71. The molecule has 0 bridgehead atoms. The summed E-state index contributed by atoms with van der Waals surface area (Å²) in [4.78, 5) is 11.3. The molecular weight excluding hydrogens is 180 g/mol. The number of amides is 1. The van der Waals surface area contributed by atoms with Crippen LogP contribution in [0.4, 0.5) is 0 Å². The van der Waals surface area contributed by atoms with Crippen LogP contribution in [0, 0.1) is 0 Å². The summed E-state index contributed by atoms with van der Waals surface area (Å²) in [6.45, 7) is 4.15. The second-order valence-corrected chi connectivity index (χ2v) is 2.88. The molecule has 1 rings (SSSR count). The molecule has 2 N–H and O–H groups in total. The van der Waals surface area contributed by atoms with Crippen LogP contribution in [0.2, 0.25) is 0 Å². The topological polar surface area (TPSA) is 54.3 Å². The van der Waals surface area contributed by atoms with Crippen molar-refractivity contribution in [3.63, 3.8) is 0 Å². The third kappa shape index (κ3) is 2.74. The van der Waals surface area contributed by atoms with E-state index in [-0.39, 0.29) is 19.1 Å². The van der Waals surface area contributed by atoms with Gasteiger partial charge in [0.25, 0.3) is 0 Å². The zero-order valence-electron chi connectivity index (χ0n) is 7.94. The molecule has 0 saturated heterocycles. The van der Waals surface area contributed by atoms with Gasteiger partial charge >= 0.3 is 0 Å². The summed E-state index contributed by atoms with van der Waals surface area (Å²) in [6, 6.07) is 3.58. The van der Waals surface area contributed by atoms with Gasteiger partial charge in [-0.3, -0.25) is 4.79 Å². The van der Waals surface area contributed by atoms with Crippen LogP contribution in [0.1, 0.15) is 5.69 Å². The van der Waals surface area contributed by atoms with Crippen molar-refractivity contribution in [1.82, 2.24) is 9.88 Å². The van der Waals surface area contributed by atoms with E-state index in [0.717, 1.165) is 5.69 Å². The van der Waals surface area contributed by atoms with Crippen LogP contribution in [0.15, 0.2) is 31.0 Å². The Balaban J connectivity index is 2.51. The molecule has 0 aliphatic rings. The van der Waals surface area contributed by atoms with E-state index in [9.17, 15) is 4.79 Å². The normalized spacial score (nSPS) is 9.79. The molecule has 76 valence electrons. The largest absolute Gasteiger partial charge is 0.390 e. The molecule has 0 spiro atoms. The second kappa shape index (κ2) is 5.24. The summed E-state index contributed by atoms with van der Waals surface area (Å²) in [5.74, 6) is -0.0872. The molecule has 4 nitrogen and oxygen atoms in total. The minimum absolute atomic E-state index is 0.0538. The van der Waals surface area contributed by atoms with E-state index in [1.165, 1.54) is 0 Å². The first-order valence-corrected chi connectivity index (χ1v) is 4.40. The molecule has 0 atom stereocenters. The number of carbonyl (C=O) groups is 1. The van der Waals surface area contributed by atoms with Gasteiger partial charge < -0.3 is 15.0 Å². The standard InChI is InChI=1S/C10H14N2O2/c1-2-5-11-10(14)7-12-6-3-4-9(12)8-13/h2-4,6,13H,1,5,7-8H2,(H,11,14). The summed E-state index contributed by atoms with van der Waals surface area (Å²) in [7, 11) is 0. The van der Waals surface area contributed by atoms with Crippen molar-refractivity contribution in [1.29, 1.82) is 0 Å². The van der Waals surface area contributed by atoms with Crippen molar-refractivity contribution in [2.24, 2.45) is 0 Å². The average molecular weight is 194 g/mol. The van der Waals surface area contributed by atoms with Crippen molar-refractivity contribution in [2.75, 3.05) is 6.54 Å². The van der Waals surface area contributed by atoms with E-state index in [4.69, 9.17) is 5.11 Å². The van der Waals surface area contributed by atoms with E-state index in [1.807, 2.05) is 0 Å². The quantitative estimate of drug-likeness (QED) is 0.662. The number of carbonyl (C=O) groups excluding carboxylic acids is 1. The molecule has 1 aromatic heterocycles. The van der Waals surface area contributed by atoms with Gasteiger partial charge in [-0.05, 0) is 12.1 Å². The second-order valence-electron chi connectivity index (χ2n) is 2.88. The fourth-order valence-electron chi connectivity index (χ4n) is 1.14. The van der Waals surface area contributed by atoms with Gasteiger partial charge in [0.1, 0.15) is 6.54 Å². The van der Waals surface area contributed by atoms with Crippen LogP contribution >= 0.6 is 0 Å². The lowest BCUT2D eigenvalue weighted by molar-refractivity contribution is -0.121. The zero-order valence-corrected chi connectivity index (χ0v) is 7.94. The van der Waals surface area contributed by atoms with Crippen molar-refractivity contribution in [3.05, 3.63) is 36.7 Å². The van der Waals surface area contributed by atoms with Crippen LogP contribution in [-0.4, -0.2) is 22.1 Å². The lowest BCUT2D eigenvalue weighted by Gasteiger charge is -2.06. The smallest absolute Gasteiger partial charge is 0.240 e. The maximum atomic E-state index is 11.3. The molecule has 14 heavy (non-hydrogen) atoms. The molecule has 0 unspecified atom stereocenters. The lowest BCUT2D eigenvalue weighted by Crippen LogP contribution is -2.27. The first-order chi connectivity index (χ1) is 6.77. The molecule has 0 aromatic carbocycles. The number of hydrogen-bond donors (Lipinski definition) is 2. The SMILES string of the molecule is C=CCNC(=O)Cn1cccc1CO. The highest BCUT2D eigenvalue weighted by molar-refractivity contribution is 5.75. The predicted octanol–water partition coefficient (Wildman–Crippen LogP) is 0.283. The maximum Gasteiger partial charge on any atom is 0.240 e. The maximum absolute atomic E-state index is 11.3. The average Bonchev–Trinajstić information content (AvgIpc) is 2.62. The Morgan fingerprint density at radius 1 is 1.71 bits per heavy atom. The van der Waals surface area contributed by atoms with Gasteiger partial charge in [0, 0.05) is 18.4 Å². The Labute approximate surface area is 82.9 Å². The number of aromatic nitrogens is 1. The fourth-order valence-corrected chi connectivity index (χ4v) is 1.14. The van der Waals surface area contributed by atoms with Gasteiger partial charge in [-0.1, -0.05) is 6.08 Å². The van der Waals surface area contributed by atoms with Crippen molar-refractivity contribution >= 4 is 5.91 Å². The van der Waals surface area contributed by atoms with E-state index in [0.29, 0.717) is 6.54 Å². The molecule has 0 radical (unpaired) electrons. The van der Waals surface area contributed by atoms with Gasteiger partial charge in [-0.25, -0.2) is 0 Å². The van der Waals surface area contributed by atoms with Crippen LogP contribution in [0.3, 0.4) is 0 Å². The minimum atomic E-state index is -0.0872. The monoisotopic (exact) mass is 194 g/mol. The van der Waals surface area contributed by atoms with Crippen molar-refractivity contribution < 1.29 is 9.90 Å². The molecular formula is C10H14N2O2. The fraction of sp³-hybridized carbons (Fsp3) is 0.300. The highest BCUT2D eigenvalue weighted by Gasteiger charge is 2.03. The van der Waals surface area contributed by atoms with E-state index in [2.05, 4.69) is 11.9 Å². The molecule has 0 fully saturated rings. The number of nitrogens with one attached hydrogen (secondary N) is 1. The number of aliphatic hydroxyl groups excluding tert-OH is 1. The number of nitrogens with zero attached hydrogens (tertiary/aromatic N) is 1. The molecule has 1 heterocycles. The van der Waals surface area contributed by atoms with E-state index in [1.54, 1.807) is 29.0 Å². The Morgan fingerprint density at radius 3 is 3.14 bits per heavy atom. The first-order valence-electron chi connectivity index (χ1n) is 4.40. The summed E-state index contributed by atoms with van der Waals surface area (Å²) in [6.07, 6.45) is 3.39. The summed E-state index contributed by atoms with van der Waals surface area (Å²) in [5, 5.41) is 11.6. The van der Waals surface area contributed by atoms with Gasteiger partial charge in [0.15, 0.2) is 0 Å². The molecule has 0 saturated carbocycles. The third-order valence-corrected chi connectivity index (χ3v) is 1.84. The van der Waals surface area contributed by atoms with E-state index >= 15 is 0 Å². The number of hydrogen-bond acceptors (Lipinski definition) is 2. The first kappa shape index (κ1) is 10.5. The van der Waals surface area contributed by atoms with Gasteiger partial charge in [0.05, 0.1) is 6.61 Å². The molecule has 0 aliphatic heterocycles. The van der Waals surface area contributed by atoms with Crippen LogP contribution in [0.5, 0.6) is 0 Å². The Kier molecular flexibility index (Phi) is 3.94. The number of rotatable bonds is 5. The molecule has 1 aromatic rings. The van der Waals surface area contributed by atoms with Crippen LogP contribution < -0.4 is 5.32 Å². The Hall–Kier alpha value is -1.55. The van der Waals surface area contributed by atoms with Gasteiger partial charge in [-0.15, -0.1) is 6.58 Å². The molecule has 4 heteroatoms. The Morgan fingerprint density at radius 2 is 2.50 bits per heavy atom. The van der Waals surface area contributed by atoms with E-state index < -0.39 is 0 Å². The van der Waals surface area contributed by atoms with Crippen LogP contribution in [0.25, 0.3) is 0 Å². The van der Waals surface area contributed by atoms with Gasteiger partial charge in [-0.2, -0.15) is 0 Å². The molecule has 1 amide bonds. The number of aliphatic hydroxyl groups is 1. The summed E-state index contributed by atoms with van der Waals surface area (Å²) >= 11 is 0. The minimum Gasteiger partial charge on any atom is -0.390 e. The van der Waals surface area contributed by atoms with Crippen molar-refractivity contribution in [2.45, 2.75) is 13.2 Å². The highest BCUT2D eigenvalue weighted by Crippen LogP contribution is 2.01. The Bertz CT molecular complexity index is 318. The van der Waals surface area contributed by atoms with Crippen LogP contribution in [-0.2, 0) is 17.9 Å². The highest BCUT2D eigenvalue weighted by atomic mass is 16.3.